The largest absolute Gasteiger partial charge is 0.506 e. The summed E-state index contributed by atoms with van der Waals surface area (Å²) in [5.74, 6) is -0.424. The van der Waals surface area contributed by atoms with Crippen LogP contribution >= 0.6 is 0 Å². The monoisotopic (exact) mass is 449 g/mol. The van der Waals surface area contributed by atoms with Gasteiger partial charge in [-0.05, 0) is 49.7 Å². The van der Waals surface area contributed by atoms with Crippen LogP contribution in [0, 0.1) is 12.8 Å². The predicted molar refractivity (Wildman–Crippen MR) is 131 cm³/mol. The van der Waals surface area contributed by atoms with E-state index < -0.39 is 11.5 Å². The van der Waals surface area contributed by atoms with Crippen LogP contribution in [0.1, 0.15) is 29.8 Å². The molecule has 174 valence electrons. The summed E-state index contributed by atoms with van der Waals surface area (Å²) in [5.41, 5.74) is 1.64. The van der Waals surface area contributed by atoms with E-state index in [9.17, 15) is 14.7 Å². The number of hydrogen-bond donors (Lipinski definition) is 2. The first-order chi connectivity index (χ1) is 15.8. The fourth-order valence-electron chi connectivity index (χ4n) is 4.22. The number of nitrogens with zero attached hydrogens (tertiary/aromatic N) is 4. The molecule has 1 aromatic carbocycles. The zero-order valence-corrected chi connectivity index (χ0v) is 19.6. The van der Waals surface area contributed by atoms with Crippen LogP contribution in [-0.4, -0.2) is 58.7 Å². The van der Waals surface area contributed by atoms with E-state index in [1.54, 1.807) is 22.9 Å². The Kier molecular flexibility index (Phi) is 6.37. The predicted octanol–water partition coefficient (Wildman–Crippen LogP) is 3.07. The maximum absolute atomic E-state index is 13.5. The summed E-state index contributed by atoms with van der Waals surface area (Å²) in [7, 11) is 2.11. The van der Waals surface area contributed by atoms with Crippen molar-refractivity contribution in [2.24, 2.45) is 5.92 Å². The van der Waals surface area contributed by atoms with Crippen molar-refractivity contribution in [2.75, 3.05) is 43.4 Å². The van der Waals surface area contributed by atoms with E-state index >= 15 is 0 Å². The van der Waals surface area contributed by atoms with Crippen LogP contribution in [0.4, 0.5) is 11.5 Å². The van der Waals surface area contributed by atoms with Crippen molar-refractivity contribution in [1.82, 2.24) is 14.5 Å². The second-order valence-electron chi connectivity index (χ2n) is 9.15. The number of aryl methyl sites for hydroxylation is 1. The zero-order chi connectivity index (χ0) is 23.7. The normalized spacial score (nSPS) is 14.8. The third-order valence-electron chi connectivity index (χ3n) is 6.11. The number of likely N-dealkylation sites (N-methyl/N-ethyl adjacent to an activating group) is 1. The van der Waals surface area contributed by atoms with Gasteiger partial charge in [-0.25, -0.2) is 4.98 Å². The van der Waals surface area contributed by atoms with Gasteiger partial charge in [-0.2, -0.15) is 0 Å². The first kappa shape index (κ1) is 22.8. The Bertz CT molecular complexity index is 1240. The molecular weight excluding hydrogens is 418 g/mol. The number of rotatable bonds is 5. The van der Waals surface area contributed by atoms with Gasteiger partial charge in [0.2, 0.25) is 0 Å². The van der Waals surface area contributed by atoms with Crippen molar-refractivity contribution < 1.29 is 9.90 Å². The van der Waals surface area contributed by atoms with Gasteiger partial charge in [0, 0.05) is 50.0 Å². The van der Waals surface area contributed by atoms with Crippen molar-refractivity contribution in [1.29, 1.82) is 0 Å². The Morgan fingerprint density at radius 1 is 1.18 bits per heavy atom. The van der Waals surface area contributed by atoms with Crippen LogP contribution < -0.4 is 15.8 Å². The number of benzene rings is 1. The molecule has 33 heavy (non-hydrogen) atoms. The first-order valence-corrected chi connectivity index (χ1v) is 11.3. The number of anilines is 2. The summed E-state index contributed by atoms with van der Waals surface area (Å²) in [6.07, 6.45) is 1.57. The van der Waals surface area contributed by atoms with Crippen LogP contribution in [0.15, 0.2) is 41.3 Å². The highest BCUT2D eigenvalue weighted by Gasteiger charge is 2.24. The number of nitrogens with one attached hydrogen (secondary N) is 1. The minimum Gasteiger partial charge on any atom is -0.506 e. The smallest absolute Gasteiger partial charge is 0.267 e. The molecule has 1 fully saturated rings. The van der Waals surface area contributed by atoms with Crippen LogP contribution in [-0.2, 0) is 6.54 Å². The van der Waals surface area contributed by atoms with Gasteiger partial charge in [-0.1, -0.05) is 19.9 Å². The Morgan fingerprint density at radius 2 is 1.91 bits per heavy atom. The standard InChI is InChI=1S/C25H31N5O3/c1-16(2)15-30-20-14-18(29-12-10-28(4)11-13-29)7-8-19(20)22(31)21(25(30)33)24(32)27-23-17(3)6-5-9-26-23/h5-9,14,16,31H,10-13,15H2,1-4H3,(H,26,27,32). The lowest BCUT2D eigenvalue weighted by atomic mass is 10.1. The maximum atomic E-state index is 13.5. The molecule has 8 nitrogen and oxygen atoms in total. The molecule has 3 heterocycles. The van der Waals surface area contributed by atoms with Crippen molar-refractivity contribution in [3.63, 3.8) is 0 Å². The number of carbonyl (C=O) groups excluding carboxylic acids is 1. The fourth-order valence-corrected chi connectivity index (χ4v) is 4.22. The van der Waals surface area contributed by atoms with Crippen LogP contribution in [0.3, 0.4) is 0 Å². The van der Waals surface area contributed by atoms with E-state index in [2.05, 4.69) is 27.1 Å². The molecule has 1 aliphatic heterocycles. The summed E-state index contributed by atoms with van der Waals surface area (Å²) in [6.45, 7) is 10.0. The minimum atomic E-state index is -0.665. The quantitative estimate of drug-likeness (QED) is 0.622. The van der Waals surface area contributed by atoms with Gasteiger partial charge in [0.25, 0.3) is 11.5 Å². The Hall–Kier alpha value is -3.39. The lowest BCUT2D eigenvalue weighted by Crippen LogP contribution is -2.44. The van der Waals surface area contributed by atoms with Crippen LogP contribution in [0.25, 0.3) is 10.9 Å². The van der Waals surface area contributed by atoms with Gasteiger partial charge in [0.1, 0.15) is 17.1 Å². The number of aromatic nitrogens is 2. The summed E-state index contributed by atoms with van der Waals surface area (Å²) in [5, 5.41) is 14.2. The summed E-state index contributed by atoms with van der Waals surface area (Å²) >= 11 is 0. The minimum absolute atomic E-state index is 0.177. The number of aromatic hydroxyl groups is 1. The summed E-state index contributed by atoms with van der Waals surface area (Å²) in [6, 6.07) is 9.29. The van der Waals surface area contributed by atoms with Gasteiger partial charge in [-0.15, -0.1) is 0 Å². The summed E-state index contributed by atoms with van der Waals surface area (Å²) in [4.78, 5) is 35.3. The van der Waals surface area contributed by atoms with Gasteiger partial charge >= 0.3 is 0 Å². The number of hydrogen-bond acceptors (Lipinski definition) is 6. The topological polar surface area (TPSA) is 90.7 Å². The highest BCUT2D eigenvalue weighted by atomic mass is 16.3. The van der Waals surface area contributed by atoms with Crippen molar-refractivity contribution in [2.45, 2.75) is 27.3 Å². The lowest BCUT2D eigenvalue weighted by Gasteiger charge is -2.34. The number of carbonyl (C=O) groups is 1. The maximum Gasteiger partial charge on any atom is 0.267 e. The second-order valence-corrected chi connectivity index (χ2v) is 9.15. The molecule has 1 amide bonds. The van der Waals surface area contributed by atoms with Gasteiger partial charge < -0.3 is 24.8 Å². The Morgan fingerprint density at radius 3 is 2.58 bits per heavy atom. The molecular formula is C25H31N5O3. The Balaban J connectivity index is 1.82. The van der Waals surface area contributed by atoms with Crippen molar-refractivity contribution in [3.8, 4) is 5.75 Å². The second kappa shape index (κ2) is 9.23. The molecule has 0 radical (unpaired) electrons. The molecule has 1 aliphatic rings. The molecule has 0 atom stereocenters. The highest BCUT2D eigenvalue weighted by Crippen LogP contribution is 2.31. The molecule has 0 bridgehead atoms. The molecule has 0 spiro atoms. The third-order valence-corrected chi connectivity index (χ3v) is 6.11. The van der Waals surface area contributed by atoms with Crippen molar-refractivity contribution >= 4 is 28.3 Å². The molecule has 2 N–H and O–H groups in total. The van der Waals surface area contributed by atoms with Gasteiger partial charge in [-0.3, -0.25) is 9.59 Å². The number of amides is 1. The highest BCUT2D eigenvalue weighted by molar-refractivity contribution is 6.09. The molecule has 0 aliphatic carbocycles. The molecule has 2 aromatic heterocycles. The van der Waals surface area contributed by atoms with Crippen LogP contribution in [0.5, 0.6) is 5.75 Å². The molecule has 3 aromatic rings. The third kappa shape index (κ3) is 4.57. The zero-order valence-electron chi connectivity index (χ0n) is 19.6. The van der Waals surface area contributed by atoms with E-state index in [1.165, 1.54) is 0 Å². The van der Waals surface area contributed by atoms with E-state index in [0.29, 0.717) is 23.3 Å². The molecule has 0 saturated carbocycles. The fraction of sp³-hybridized carbons (Fsp3) is 0.400. The number of fused-ring (bicyclic) bond motifs is 1. The van der Waals surface area contributed by atoms with E-state index in [1.807, 2.05) is 39.0 Å². The molecule has 1 saturated heterocycles. The number of piperazine rings is 1. The average Bonchev–Trinajstić information content (AvgIpc) is 2.78. The number of pyridine rings is 2. The SMILES string of the molecule is Cc1cccnc1NC(=O)c1c(O)c2ccc(N3CCN(C)CC3)cc2n(CC(C)C)c1=O. The van der Waals surface area contributed by atoms with E-state index in [0.717, 1.165) is 37.4 Å². The Labute approximate surface area is 193 Å². The van der Waals surface area contributed by atoms with Gasteiger partial charge in [0.15, 0.2) is 0 Å². The lowest BCUT2D eigenvalue weighted by molar-refractivity contribution is 0.102. The van der Waals surface area contributed by atoms with Crippen molar-refractivity contribution in [3.05, 3.63) is 58.0 Å². The molecule has 8 heteroatoms. The summed E-state index contributed by atoms with van der Waals surface area (Å²) < 4.78 is 1.61. The van der Waals surface area contributed by atoms with Crippen LogP contribution in [0.2, 0.25) is 0 Å². The average molecular weight is 450 g/mol. The first-order valence-electron chi connectivity index (χ1n) is 11.3. The molecule has 4 rings (SSSR count). The molecule has 0 unspecified atom stereocenters. The van der Waals surface area contributed by atoms with E-state index in [4.69, 9.17) is 0 Å². The van der Waals surface area contributed by atoms with E-state index in [-0.39, 0.29) is 17.2 Å². The van der Waals surface area contributed by atoms with Gasteiger partial charge in [0.05, 0.1) is 5.52 Å².